The van der Waals surface area contributed by atoms with E-state index in [-0.39, 0.29) is 12.3 Å². The third kappa shape index (κ3) is 2.95. The highest BCUT2D eigenvalue weighted by molar-refractivity contribution is 6.04. The number of carbonyl (C=O) groups excluding carboxylic acids is 3. The van der Waals surface area contributed by atoms with Crippen molar-refractivity contribution in [2.45, 2.75) is 39.7 Å². The lowest BCUT2D eigenvalue weighted by molar-refractivity contribution is -0.142. The first-order valence-corrected chi connectivity index (χ1v) is 5.07. The lowest BCUT2D eigenvalue weighted by Crippen LogP contribution is -2.47. The molecule has 1 aliphatic rings. The number of rotatable bonds is 1. The van der Waals surface area contributed by atoms with Crippen LogP contribution in [-0.2, 0) is 14.3 Å². The number of ether oxygens (including phenoxy) is 1. The van der Waals surface area contributed by atoms with E-state index in [4.69, 9.17) is 4.74 Å². The highest BCUT2D eigenvalue weighted by atomic mass is 16.6. The highest BCUT2D eigenvalue weighted by Gasteiger charge is 2.37. The molecule has 0 aromatic carbocycles. The summed E-state index contributed by atoms with van der Waals surface area (Å²) < 4.78 is 4.94. The van der Waals surface area contributed by atoms with Crippen LogP contribution >= 0.6 is 0 Å². The first-order valence-electron chi connectivity index (χ1n) is 5.07. The van der Waals surface area contributed by atoms with Gasteiger partial charge in [-0.1, -0.05) is 6.92 Å². The van der Waals surface area contributed by atoms with Gasteiger partial charge >= 0.3 is 6.09 Å². The summed E-state index contributed by atoms with van der Waals surface area (Å²) >= 11 is 0. The summed E-state index contributed by atoms with van der Waals surface area (Å²) in [7, 11) is 0. The van der Waals surface area contributed by atoms with Gasteiger partial charge in [0.05, 0.1) is 0 Å². The van der Waals surface area contributed by atoms with Crippen molar-refractivity contribution in [1.82, 2.24) is 10.4 Å². The number of hydrogen-bond acceptors (Lipinski definition) is 4. The molecule has 1 saturated heterocycles. The molecule has 0 bridgehead atoms. The molecule has 6 nitrogen and oxygen atoms in total. The summed E-state index contributed by atoms with van der Waals surface area (Å²) in [5.41, 5.74) is 1.47. The van der Waals surface area contributed by atoms with E-state index in [0.717, 1.165) is 5.01 Å². The molecule has 1 rings (SSSR count). The Labute approximate surface area is 93.9 Å². The van der Waals surface area contributed by atoms with Gasteiger partial charge in [-0.25, -0.2) is 10.2 Å². The second-order valence-corrected chi connectivity index (χ2v) is 4.79. The molecule has 1 atom stereocenters. The molecule has 16 heavy (non-hydrogen) atoms. The van der Waals surface area contributed by atoms with Crippen molar-refractivity contribution >= 4 is 17.9 Å². The van der Waals surface area contributed by atoms with Crippen LogP contribution in [0, 0.1) is 5.92 Å². The van der Waals surface area contributed by atoms with Gasteiger partial charge in [-0.3, -0.25) is 9.59 Å². The molecule has 1 fully saturated rings. The standard InChI is InChI=1S/C10H16N2O4/c1-6-5-7(13)12(8(6)14)11-9(15)16-10(2,3)4/h6H,5H2,1-4H3,(H,11,15)/t6-/m0/s1. The Morgan fingerprint density at radius 1 is 1.44 bits per heavy atom. The minimum atomic E-state index is -0.803. The van der Waals surface area contributed by atoms with Crippen molar-refractivity contribution in [3.63, 3.8) is 0 Å². The number of hydrogen-bond donors (Lipinski definition) is 1. The average Bonchev–Trinajstić information content (AvgIpc) is 2.29. The fourth-order valence-corrected chi connectivity index (χ4v) is 1.29. The zero-order valence-electron chi connectivity index (χ0n) is 9.86. The van der Waals surface area contributed by atoms with Gasteiger partial charge in [-0.15, -0.1) is 0 Å². The van der Waals surface area contributed by atoms with E-state index in [0.29, 0.717) is 0 Å². The Kier molecular flexibility index (Phi) is 3.21. The molecule has 0 unspecified atom stereocenters. The van der Waals surface area contributed by atoms with Crippen LogP contribution in [0.15, 0.2) is 0 Å². The topological polar surface area (TPSA) is 75.7 Å². The van der Waals surface area contributed by atoms with Gasteiger partial charge in [0, 0.05) is 12.3 Å². The second kappa shape index (κ2) is 4.11. The van der Waals surface area contributed by atoms with Crippen LogP contribution in [0.3, 0.4) is 0 Å². The summed E-state index contributed by atoms with van der Waals surface area (Å²) in [6.07, 6.45) is -0.683. The lowest BCUT2D eigenvalue weighted by atomic mass is 10.1. The Morgan fingerprint density at radius 2 is 2.00 bits per heavy atom. The van der Waals surface area contributed by atoms with Crippen LogP contribution < -0.4 is 5.43 Å². The monoisotopic (exact) mass is 228 g/mol. The molecule has 0 spiro atoms. The molecule has 0 aliphatic carbocycles. The fraction of sp³-hybridized carbons (Fsp3) is 0.700. The summed E-state index contributed by atoms with van der Waals surface area (Å²) in [5, 5.41) is 0.721. The van der Waals surface area contributed by atoms with Gasteiger partial charge in [0.25, 0.3) is 5.91 Å². The van der Waals surface area contributed by atoms with E-state index < -0.39 is 23.5 Å². The van der Waals surface area contributed by atoms with Crippen molar-refractivity contribution in [2.75, 3.05) is 0 Å². The molecule has 0 saturated carbocycles. The third-order valence-electron chi connectivity index (χ3n) is 1.97. The van der Waals surface area contributed by atoms with E-state index in [9.17, 15) is 14.4 Å². The first kappa shape index (κ1) is 12.5. The molecule has 1 aliphatic heterocycles. The quantitative estimate of drug-likeness (QED) is 0.674. The Balaban J connectivity index is 2.58. The molecule has 0 aromatic rings. The van der Waals surface area contributed by atoms with Crippen molar-refractivity contribution in [3.8, 4) is 0 Å². The largest absolute Gasteiger partial charge is 0.443 e. The van der Waals surface area contributed by atoms with Crippen molar-refractivity contribution in [2.24, 2.45) is 5.92 Å². The number of carbonyl (C=O) groups is 3. The van der Waals surface area contributed by atoms with Gasteiger partial charge in [0.2, 0.25) is 5.91 Å². The molecule has 6 heteroatoms. The summed E-state index contributed by atoms with van der Waals surface area (Å²) in [4.78, 5) is 34.1. The van der Waals surface area contributed by atoms with E-state index in [2.05, 4.69) is 5.43 Å². The molecule has 3 amide bonds. The molecular formula is C10H16N2O4. The third-order valence-corrected chi connectivity index (χ3v) is 1.97. The second-order valence-electron chi connectivity index (χ2n) is 4.79. The smallest absolute Gasteiger partial charge is 0.427 e. The van der Waals surface area contributed by atoms with E-state index in [1.165, 1.54) is 0 Å². The van der Waals surface area contributed by atoms with Crippen molar-refractivity contribution in [3.05, 3.63) is 0 Å². The minimum absolute atomic E-state index is 0.120. The number of nitrogens with one attached hydrogen (secondary N) is 1. The van der Waals surface area contributed by atoms with Crippen LogP contribution in [0.1, 0.15) is 34.1 Å². The molecule has 90 valence electrons. The molecular weight excluding hydrogens is 212 g/mol. The Hall–Kier alpha value is -1.59. The predicted molar refractivity (Wildman–Crippen MR) is 55.0 cm³/mol. The molecule has 1 heterocycles. The number of nitrogens with zero attached hydrogens (tertiary/aromatic N) is 1. The number of imide groups is 1. The SMILES string of the molecule is C[C@H]1CC(=O)N(NC(=O)OC(C)(C)C)C1=O. The van der Waals surface area contributed by atoms with Crippen molar-refractivity contribution < 1.29 is 19.1 Å². The summed E-state index contributed by atoms with van der Waals surface area (Å²) in [6, 6.07) is 0. The van der Waals surface area contributed by atoms with E-state index in [1.54, 1.807) is 27.7 Å². The molecule has 0 radical (unpaired) electrons. The van der Waals surface area contributed by atoms with E-state index in [1.807, 2.05) is 0 Å². The fourth-order valence-electron chi connectivity index (χ4n) is 1.29. The Morgan fingerprint density at radius 3 is 2.38 bits per heavy atom. The van der Waals surface area contributed by atoms with Crippen LogP contribution in [0.4, 0.5) is 4.79 Å². The van der Waals surface area contributed by atoms with E-state index >= 15 is 0 Å². The maximum Gasteiger partial charge on any atom is 0.427 e. The van der Waals surface area contributed by atoms with Gasteiger partial charge in [-0.2, -0.15) is 5.01 Å². The van der Waals surface area contributed by atoms with Gasteiger partial charge in [0.1, 0.15) is 5.60 Å². The number of amides is 3. The zero-order valence-corrected chi connectivity index (χ0v) is 9.86. The highest BCUT2D eigenvalue weighted by Crippen LogP contribution is 2.17. The molecule has 1 N–H and O–H groups in total. The van der Waals surface area contributed by atoms with Crippen LogP contribution in [0.25, 0.3) is 0 Å². The Bertz CT molecular complexity index is 332. The average molecular weight is 228 g/mol. The van der Waals surface area contributed by atoms with Crippen LogP contribution in [0.5, 0.6) is 0 Å². The maximum atomic E-state index is 11.5. The summed E-state index contributed by atoms with van der Waals surface area (Å²) in [5.74, 6) is -1.21. The normalized spacial score (nSPS) is 21.2. The number of hydrazine groups is 1. The summed E-state index contributed by atoms with van der Waals surface area (Å²) in [6.45, 7) is 6.73. The minimum Gasteiger partial charge on any atom is -0.443 e. The lowest BCUT2D eigenvalue weighted by Gasteiger charge is -2.22. The maximum absolute atomic E-state index is 11.5. The van der Waals surface area contributed by atoms with Gasteiger partial charge in [-0.05, 0) is 20.8 Å². The van der Waals surface area contributed by atoms with Gasteiger partial charge < -0.3 is 4.74 Å². The van der Waals surface area contributed by atoms with Crippen LogP contribution in [0.2, 0.25) is 0 Å². The predicted octanol–water partition coefficient (Wildman–Crippen LogP) is 0.821. The first-order chi connectivity index (χ1) is 7.20. The van der Waals surface area contributed by atoms with Crippen LogP contribution in [-0.4, -0.2) is 28.5 Å². The molecule has 0 aromatic heterocycles. The van der Waals surface area contributed by atoms with Gasteiger partial charge in [0.15, 0.2) is 0 Å². The van der Waals surface area contributed by atoms with Crippen molar-refractivity contribution in [1.29, 1.82) is 0 Å². The zero-order chi connectivity index (χ0) is 12.5.